The minimum atomic E-state index is 0.193. The molecule has 0 unspecified atom stereocenters. The first-order valence-corrected chi connectivity index (χ1v) is 4.91. The van der Waals surface area contributed by atoms with E-state index in [1.165, 1.54) is 0 Å². The highest BCUT2D eigenvalue weighted by Crippen LogP contribution is 2.14. The highest BCUT2D eigenvalue weighted by molar-refractivity contribution is 6.17. The molecular formula is C11H13ClO. The summed E-state index contributed by atoms with van der Waals surface area (Å²) in [6.07, 6.45) is 0.557. The summed E-state index contributed by atoms with van der Waals surface area (Å²) in [6.45, 7) is 3.82. The van der Waals surface area contributed by atoms with Crippen LogP contribution >= 0.6 is 11.6 Å². The average molecular weight is 197 g/mol. The molecule has 0 radical (unpaired) electrons. The highest BCUT2D eigenvalue weighted by Gasteiger charge is 2.06. The molecule has 0 heterocycles. The van der Waals surface area contributed by atoms with E-state index in [4.69, 9.17) is 11.6 Å². The van der Waals surface area contributed by atoms with E-state index in [-0.39, 0.29) is 5.78 Å². The summed E-state index contributed by atoms with van der Waals surface area (Å²) in [5, 5.41) is 0. The van der Waals surface area contributed by atoms with Gasteiger partial charge in [0.15, 0.2) is 5.78 Å². The third kappa shape index (κ3) is 2.31. The maximum atomic E-state index is 11.4. The predicted octanol–water partition coefficient (Wildman–Crippen LogP) is 3.33. The van der Waals surface area contributed by atoms with E-state index < -0.39 is 0 Å². The van der Waals surface area contributed by atoms with Crippen molar-refractivity contribution in [2.24, 2.45) is 0 Å². The lowest BCUT2D eigenvalue weighted by atomic mass is 10.0. The second-order valence-electron chi connectivity index (χ2n) is 3.06. The van der Waals surface area contributed by atoms with Crippen molar-refractivity contribution in [1.82, 2.24) is 0 Å². The summed E-state index contributed by atoms with van der Waals surface area (Å²) in [6, 6.07) is 5.73. The lowest BCUT2D eigenvalue weighted by Crippen LogP contribution is -1.99. The number of halogens is 1. The van der Waals surface area contributed by atoms with Gasteiger partial charge in [-0.05, 0) is 18.1 Å². The van der Waals surface area contributed by atoms with Gasteiger partial charge in [-0.1, -0.05) is 25.1 Å². The standard InChI is InChI=1S/C11H13ClO/c1-3-11(13)10-5-4-9(7-12)6-8(10)2/h4-6H,3,7H2,1-2H3. The van der Waals surface area contributed by atoms with Gasteiger partial charge in [-0.25, -0.2) is 0 Å². The molecule has 0 aliphatic heterocycles. The molecule has 0 spiro atoms. The molecule has 70 valence electrons. The Labute approximate surface area is 83.7 Å². The van der Waals surface area contributed by atoms with Crippen LogP contribution in [0.15, 0.2) is 18.2 Å². The average Bonchev–Trinajstić information content (AvgIpc) is 2.16. The second-order valence-corrected chi connectivity index (χ2v) is 3.33. The third-order valence-electron chi connectivity index (χ3n) is 2.07. The quantitative estimate of drug-likeness (QED) is 0.536. The van der Waals surface area contributed by atoms with Gasteiger partial charge in [-0.2, -0.15) is 0 Å². The maximum Gasteiger partial charge on any atom is 0.162 e. The molecule has 2 heteroatoms. The molecule has 1 nitrogen and oxygen atoms in total. The second kappa shape index (κ2) is 4.43. The number of benzene rings is 1. The number of hydrogen-bond donors (Lipinski definition) is 0. The van der Waals surface area contributed by atoms with Crippen LogP contribution in [0.5, 0.6) is 0 Å². The number of Topliss-reactive ketones (excluding diaryl/α,β-unsaturated/α-hetero) is 1. The van der Waals surface area contributed by atoms with Crippen molar-refractivity contribution >= 4 is 17.4 Å². The van der Waals surface area contributed by atoms with Crippen molar-refractivity contribution in [2.45, 2.75) is 26.1 Å². The fraction of sp³-hybridized carbons (Fsp3) is 0.364. The molecule has 1 rings (SSSR count). The fourth-order valence-electron chi connectivity index (χ4n) is 1.31. The van der Waals surface area contributed by atoms with Crippen LogP contribution in [0.3, 0.4) is 0 Å². The topological polar surface area (TPSA) is 17.1 Å². The molecule has 13 heavy (non-hydrogen) atoms. The summed E-state index contributed by atoms with van der Waals surface area (Å²) in [4.78, 5) is 11.4. The molecule has 0 aliphatic carbocycles. The molecule has 0 N–H and O–H groups in total. The third-order valence-corrected chi connectivity index (χ3v) is 2.38. The Kier molecular flexibility index (Phi) is 3.49. The van der Waals surface area contributed by atoms with Crippen LogP contribution in [0.25, 0.3) is 0 Å². The molecule has 1 aromatic rings. The van der Waals surface area contributed by atoms with Crippen LogP contribution in [0.4, 0.5) is 0 Å². The summed E-state index contributed by atoms with van der Waals surface area (Å²) in [7, 11) is 0. The number of aryl methyl sites for hydroxylation is 1. The first-order valence-electron chi connectivity index (χ1n) is 4.37. The van der Waals surface area contributed by atoms with Crippen molar-refractivity contribution < 1.29 is 4.79 Å². The lowest BCUT2D eigenvalue weighted by Gasteiger charge is -2.04. The Balaban J connectivity index is 3.05. The SMILES string of the molecule is CCC(=O)c1ccc(CCl)cc1C. The number of carbonyl (C=O) groups is 1. The first-order chi connectivity index (χ1) is 6.19. The number of alkyl halides is 1. The van der Waals surface area contributed by atoms with Gasteiger partial charge in [0, 0.05) is 17.9 Å². The van der Waals surface area contributed by atoms with E-state index in [2.05, 4.69) is 0 Å². The minimum absolute atomic E-state index is 0.193. The lowest BCUT2D eigenvalue weighted by molar-refractivity contribution is 0.0987. The van der Waals surface area contributed by atoms with Gasteiger partial charge in [-0.15, -0.1) is 11.6 Å². The van der Waals surface area contributed by atoms with Crippen molar-refractivity contribution in [1.29, 1.82) is 0 Å². The molecule has 0 aliphatic rings. The maximum absolute atomic E-state index is 11.4. The molecule has 0 amide bonds. The van der Waals surface area contributed by atoms with Gasteiger partial charge >= 0.3 is 0 Å². The molecule has 0 bridgehead atoms. The van der Waals surface area contributed by atoms with Gasteiger partial charge in [0.2, 0.25) is 0 Å². The number of ketones is 1. The highest BCUT2D eigenvalue weighted by atomic mass is 35.5. The van der Waals surface area contributed by atoms with Crippen LogP contribution in [-0.4, -0.2) is 5.78 Å². The number of hydrogen-bond acceptors (Lipinski definition) is 1. The molecule has 0 saturated carbocycles. The zero-order valence-corrected chi connectivity index (χ0v) is 8.69. The van der Waals surface area contributed by atoms with Crippen molar-refractivity contribution in [3.63, 3.8) is 0 Å². The van der Waals surface area contributed by atoms with Crippen LogP contribution in [-0.2, 0) is 5.88 Å². The van der Waals surface area contributed by atoms with Gasteiger partial charge in [-0.3, -0.25) is 4.79 Å². The number of rotatable bonds is 3. The molecule has 0 saturated heterocycles. The van der Waals surface area contributed by atoms with Crippen LogP contribution in [0.2, 0.25) is 0 Å². The minimum Gasteiger partial charge on any atom is -0.294 e. The predicted molar refractivity (Wildman–Crippen MR) is 55.4 cm³/mol. The fourth-order valence-corrected chi connectivity index (χ4v) is 1.48. The van der Waals surface area contributed by atoms with E-state index in [0.29, 0.717) is 12.3 Å². The van der Waals surface area contributed by atoms with E-state index in [1.807, 2.05) is 32.0 Å². The molecule has 0 fully saturated rings. The zero-order chi connectivity index (χ0) is 9.84. The molecular weight excluding hydrogens is 184 g/mol. The van der Waals surface area contributed by atoms with Crippen LogP contribution in [0.1, 0.15) is 34.8 Å². The van der Waals surface area contributed by atoms with E-state index >= 15 is 0 Å². The smallest absolute Gasteiger partial charge is 0.162 e. The summed E-state index contributed by atoms with van der Waals surface area (Å²) < 4.78 is 0. The van der Waals surface area contributed by atoms with Gasteiger partial charge < -0.3 is 0 Å². The summed E-state index contributed by atoms with van der Waals surface area (Å²) in [5.74, 6) is 0.695. The summed E-state index contributed by atoms with van der Waals surface area (Å²) >= 11 is 5.68. The molecule has 0 aromatic heterocycles. The van der Waals surface area contributed by atoms with Crippen LogP contribution in [0, 0.1) is 6.92 Å². The van der Waals surface area contributed by atoms with Crippen molar-refractivity contribution in [3.8, 4) is 0 Å². The Morgan fingerprint density at radius 2 is 2.15 bits per heavy atom. The Morgan fingerprint density at radius 1 is 1.46 bits per heavy atom. The molecule has 1 aromatic carbocycles. The monoisotopic (exact) mass is 196 g/mol. The van der Waals surface area contributed by atoms with E-state index in [1.54, 1.807) is 0 Å². The number of carbonyl (C=O) groups excluding carboxylic acids is 1. The van der Waals surface area contributed by atoms with E-state index in [9.17, 15) is 4.79 Å². The normalized spacial score (nSPS) is 10.1. The Bertz CT molecular complexity index is 318. The Hall–Kier alpha value is -0.820. The van der Waals surface area contributed by atoms with E-state index in [0.717, 1.165) is 16.7 Å². The zero-order valence-electron chi connectivity index (χ0n) is 7.93. The van der Waals surface area contributed by atoms with Gasteiger partial charge in [0.25, 0.3) is 0 Å². The Morgan fingerprint density at radius 3 is 2.62 bits per heavy atom. The first kappa shape index (κ1) is 10.3. The van der Waals surface area contributed by atoms with Gasteiger partial charge in [0.05, 0.1) is 0 Å². The largest absolute Gasteiger partial charge is 0.294 e. The van der Waals surface area contributed by atoms with Gasteiger partial charge in [0.1, 0.15) is 0 Å². The summed E-state index contributed by atoms with van der Waals surface area (Å²) in [5.41, 5.74) is 2.90. The van der Waals surface area contributed by atoms with Crippen molar-refractivity contribution in [3.05, 3.63) is 34.9 Å². The molecule has 0 atom stereocenters. The van der Waals surface area contributed by atoms with Crippen LogP contribution < -0.4 is 0 Å². The van der Waals surface area contributed by atoms with Crippen molar-refractivity contribution in [2.75, 3.05) is 0 Å².